The molecule has 8 heteroatoms. The maximum atomic E-state index is 11.5. The standard InChI is InChI=1S/C24H30N4O4/c1-5-7-10-20-26-23(24(6-2,31-3)32-4)27-28(20)16-17-11-13-18(14-12-17)21-19(22(29)30)9-8-15-25-21/h8-9,11-15H,5-7,10,16H2,1-4H3,(H,29,30). The molecule has 2 heterocycles. The monoisotopic (exact) mass is 438 g/mol. The summed E-state index contributed by atoms with van der Waals surface area (Å²) in [4.78, 5) is 20.5. The molecule has 1 N–H and O–H groups in total. The number of carboxylic acids is 1. The van der Waals surface area contributed by atoms with Crippen LogP contribution in [0.5, 0.6) is 0 Å². The van der Waals surface area contributed by atoms with Crippen molar-refractivity contribution >= 4 is 5.97 Å². The minimum Gasteiger partial charge on any atom is -0.478 e. The molecule has 8 nitrogen and oxygen atoms in total. The van der Waals surface area contributed by atoms with Crippen LogP contribution in [-0.2, 0) is 28.2 Å². The largest absolute Gasteiger partial charge is 0.478 e. The minimum atomic E-state index is -0.997. The Morgan fingerprint density at radius 2 is 1.84 bits per heavy atom. The van der Waals surface area contributed by atoms with Crippen LogP contribution in [0, 0.1) is 0 Å². The SMILES string of the molecule is CCCCc1nc(C(CC)(OC)OC)nn1Cc1ccc(-c2ncccc2C(=O)O)cc1. The minimum absolute atomic E-state index is 0.179. The highest BCUT2D eigenvalue weighted by atomic mass is 16.7. The molecule has 2 aromatic heterocycles. The quantitative estimate of drug-likeness (QED) is 0.446. The van der Waals surface area contributed by atoms with Crippen LogP contribution in [0.1, 0.15) is 60.7 Å². The number of hydrogen-bond donors (Lipinski definition) is 1. The van der Waals surface area contributed by atoms with Gasteiger partial charge in [0.1, 0.15) is 5.82 Å². The summed E-state index contributed by atoms with van der Waals surface area (Å²) in [5.74, 6) is -0.561. The van der Waals surface area contributed by atoms with E-state index in [1.54, 1.807) is 32.5 Å². The third kappa shape index (κ3) is 4.87. The van der Waals surface area contributed by atoms with Gasteiger partial charge in [-0.15, -0.1) is 5.10 Å². The van der Waals surface area contributed by atoms with E-state index in [-0.39, 0.29) is 5.56 Å². The third-order valence-electron chi connectivity index (χ3n) is 5.57. The Morgan fingerprint density at radius 1 is 1.12 bits per heavy atom. The first-order chi connectivity index (χ1) is 15.5. The number of ether oxygens (including phenoxy) is 2. The molecule has 0 spiro atoms. The summed E-state index contributed by atoms with van der Waals surface area (Å²) in [5.41, 5.74) is 2.40. The second kappa shape index (κ2) is 10.5. The van der Waals surface area contributed by atoms with Crippen LogP contribution in [0.25, 0.3) is 11.3 Å². The molecule has 1 aromatic carbocycles. The predicted molar refractivity (Wildman–Crippen MR) is 120 cm³/mol. The van der Waals surface area contributed by atoms with Crippen molar-refractivity contribution in [2.75, 3.05) is 14.2 Å². The Labute approximate surface area is 188 Å². The van der Waals surface area contributed by atoms with Gasteiger partial charge < -0.3 is 14.6 Å². The Balaban J connectivity index is 1.90. The van der Waals surface area contributed by atoms with Crippen LogP contribution in [0.2, 0.25) is 0 Å². The van der Waals surface area contributed by atoms with E-state index in [1.165, 1.54) is 0 Å². The number of pyridine rings is 1. The zero-order valence-electron chi connectivity index (χ0n) is 19.0. The normalized spacial score (nSPS) is 11.6. The summed E-state index contributed by atoms with van der Waals surface area (Å²) in [6, 6.07) is 10.9. The Bertz CT molecular complexity index is 1030. The number of aryl methyl sites for hydroxylation is 1. The summed E-state index contributed by atoms with van der Waals surface area (Å²) in [7, 11) is 3.20. The van der Waals surface area contributed by atoms with E-state index in [4.69, 9.17) is 19.6 Å². The first kappa shape index (κ1) is 23.6. The molecule has 0 bridgehead atoms. The number of carbonyl (C=O) groups is 1. The fourth-order valence-corrected chi connectivity index (χ4v) is 3.64. The van der Waals surface area contributed by atoms with Crippen LogP contribution < -0.4 is 0 Å². The third-order valence-corrected chi connectivity index (χ3v) is 5.57. The number of nitrogens with zero attached hydrogens (tertiary/aromatic N) is 4. The first-order valence-corrected chi connectivity index (χ1v) is 10.8. The highest BCUT2D eigenvalue weighted by Gasteiger charge is 2.35. The number of benzene rings is 1. The number of aromatic carboxylic acids is 1. The van der Waals surface area contributed by atoms with Gasteiger partial charge in [0.15, 0.2) is 0 Å². The van der Waals surface area contributed by atoms with Gasteiger partial charge in [-0.1, -0.05) is 44.5 Å². The number of methoxy groups -OCH3 is 2. The topological polar surface area (TPSA) is 99.4 Å². The summed E-state index contributed by atoms with van der Waals surface area (Å²) in [6.07, 6.45) is 5.05. The van der Waals surface area contributed by atoms with Crippen molar-refractivity contribution in [2.24, 2.45) is 0 Å². The van der Waals surface area contributed by atoms with E-state index >= 15 is 0 Å². The smallest absolute Gasteiger partial charge is 0.337 e. The molecule has 32 heavy (non-hydrogen) atoms. The summed E-state index contributed by atoms with van der Waals surface area (Å²) in [5, 5.41) is 14.2. The summed E-state index contributed by atoms with van der Waals surface area (Å²) >= 11 is 0. The number of hydrogen-bond acceptors (Lipinski definition) is 6. The highest BCUT2D eigenvalue weighted by molar-refractivity contribution is 5.94. The molecule has 170 valence electrons. The predicted octanol–water partition coefficient (Wildman–Crippen LogP) is 4.28. The zero-order chi connectivity index (χ0) is 23.1. The lowest BCUT2D eigenvalue weighted by molar-refractivity contribution is -0.222. The molecule has 0 saturated carbocycles. The van der Waals surface area contributed by atoms with Gasteiger partial charge in [-0.3, -0.25) is 4.98 Å². The van der Waals surface area contributed by atoms with Crippen molar-refractivity contribution in [3.05, 3.63) is 65.4 Å². The van der Waals surface area contributed by atoms with Gasteiger partial charge in [-0.2, -0.15) is 0 Å². The van der Waals surface area contributed by atoms with Crippen LogP contribution >= 0.6 is 0 Å². The molecular weight excluding hydrogens is 408 g/mol. The lowest BCUT2D eigenvalue weighted by Gasteiger charge is -2.26. The number of rotatable bonds is 11. The second-order valence-corrected chi connectivity index (χ2v) is 7.53. The molecule has 0 aliphatic carbocycles. The average Bonchev–Trinajstić information content (AvgIpc) is 3.22. The summed E-state index contributed by atoms with van der Waals surface area (Å²) < 4.78 is 13.1. The Kier molecular flexibility index (Phi) is 7.71. The van der Waals surface area contributed by atoms with Crippen LogP contribution in [0.15, 0.2) is 42.6 Å². The van der Waals surface area contributed by atoms with Crippen LogP contribution in [0.3, 0.4) is 0 Å². The molecule has 0 amide bonds. The van der Waals surface area contributed by atoms with Crippen molar-refractivity contribution in [1.29, 1.82) is 0 Å². The number of aromatic nitrogens is 4. The van der Waals surface area contributed by atoms with Gasteiger partial charge in [0.05, 0.1) is 17.8 Å². The van der Waals surface area contributed by atoms with Crippen molar-refractivity contribution in [2.45, 2.75) is 51.9 Å². The van der Waals surface area contributed by atoms with E-state index in [2.05, 4.69) is 11.9 Å². The molecule has 0 radical (unpaired) electrons. The number of unbranched alkanes of at least 4 members (excludes halogenated alkanes) is 1. The Morgan fingerprint density at radius 3 is 2.44 bits per heavy atom. The molecule has 3 rings (SSSR count). The van der Waals surface area contributed by atoms with Gasteiger partial charge in [-0.25, -0.2) is 14.5 Å². The van der Waals surface area contributed by atoms with E-state index in [0.29, 0.717) is 24.5 Å². The second-order valence-electron chi connectivity index (χ2n) is 7.53. The molecule has 0 aliphatic rings. The zero-order valence-corrected chi connectivity index (χ0v) is 19.0. The fraction of sp³-hybridized carbons (Fsp3) is 0.417. The molecule has 0 fully saturated rings. The lowest BCUT2D eigenvalue weighted by Crippen LogP contribution is -2.31. The maximum absolute atomic E-state index is 11.5. The Hall–Kier alpha value is -3.10. The average molecular weight is 439 g/mol. The van der Waals surface area contributed by atoms with E-state index in [1.807, 2.05) is 35.9 Å². The maximum Gasteiger partial charge on any atom is 0.337 e. The van der Waals surface area contributed by atoms with E-state index in [9.17, 15) is 9.90 Å². The number of carboxylic acid groups (broad SMARTS) is 1. The lowest BCUT2D eigenvalue weighted by atomic mass is 10.0. The van der Waals surface area contributed by atoms with Crippen LogP contribution in [-0.4, -0.2) is 45.0 Å². The van der Waals surface area contributed by atoms with Gasteiger partial charge >= 0.3 is 5.97 Å². The van der Waals surface area contributed by atoms with Gasteiger partial charge in [0.2, 0.25) is 11.6 Å². The molecule has 0 saturated heterocycles. The summed E-state index contributed by atoms with van der Waals surface area (Å²) in [6.45, 7) is 4.65. The fourth-order valence-electron chi connectivity index (χ4n) is 3.64. The molecule has 3 aromatic rings. The molecule has 0 aliphatic heterocycles. The van der Waals surface area contributed by atoms with Crippen molar-refractivity contribution < 1.29 is 19.4 Å². The molecular formula is C24H30N4O4. The van der Waals surface area contributed by atoms with E-state index < -0.39 is 11.8 Å². The van der Waals surface area contributed by atoms with E-state index in [0.717, 1.165) is 36.2 Å². The van der Waals surface area contributed by atoms with Gasteiger partial charge in [-0.05, 0) is 24.1 Å². The van der Waals surface area contributed by atoms with Crippen molar-refractivity contribution in [3.8, 4) is 11.3 Å². The molecule has 0 unspecified atom stereocenters. The van der Waals surface area contributed by atoms with Gasteiger partial charge in [0, 0.05) is 38.8 Å². The van der Waals surface area contributed by atoms with Crippen molar-refractivity contribution in [3.63, 3.8) is 0 Å². The van der Waals surface area contributed by atoms with Crippen LogP contribution in [0.4, 0.5) is 0 Å². The van der Waals surface area contributed by atoms with Crippen molar-refractivity contribution in [1.82, 2.24) is 19.7 Å². The first-order valence-electron chi connectivity index (χ1n) is 10.8. The molecule has 0 atom stereocenters. The van der Waals surface area contributed by atoms with Gasteiger partial charge in [0.25, 0.3) is 0 Å². The highest BCUT2D eigenvalue weighted by Crippen LogP contribution is 2.28.